The van der Waals surface area contributed by atoms with Gasteiger partial charge in [-0.1, -0.05) is 32.0 Å². The van der Waals surface area contributed by atoms with Crippen molar-refractivity contribution in [2.45, 2.75) is 52.9 Å². The standard InChI is InChI=1S/C25H32N2O5/c1-4-18-9-7-10-19(5-2)25(18)27-23(29)17-32-24(30)12-8-11-22(28)26-20-13-15-21(16-14-20)31-6-3/h7,9-10,13-16H,4-6,8,11-12,17H2,1-3H3,(H,26,28)(H,27,29). The summed E-state index contributed by atoms with van der Waals surface area (Å²) in [5.41, 5.74) is 3.55. The van der Waals surface area contributed by atoms with Crippen molar-refractivity contribution in [3.8, 4) is 5.75 Å². The van der Waals surface area contributed by atoms with Crippen LogP contribution in [0.15, 0.2) is 42.5 Å². The molecule has 0 aromatic heterocycles. The van der Waals surface area contributed by atoms with E-state index in [9.17, 15) is 14.4 Å². The third kappa shape index (κ3) is 8.06. The van der Waals surface area contributed by atoms with E-state index >= 15 is 0 Å². The number of anilines is 2. The summed E-state index contributed by atoms with van der Waals surface area (Å²) in [5, 5.41) is 5.63. The zero-order valence-corrected chi connectivity index (χ0v) is 19.0. The topological polar surface area (TPSA) is 93.7 Å². The van der Waals surface area contributed by atoms with Crippen molar-refractivity contribution in [3.63, 3.8) is 0 Å². The number of esters is 1. The second-order valence-electron chi connectivity index (χ2n) is 7.23. The minimum atomic E-state index is -0.506. The highest BCUT2D eigenvalue weighted by molar-refractivity contribution is 5.94. The molecule has 0 aliphatic rings. The van der Waals surface area contributed by atoms with Crippen LogP contribution >= 0.6 is 0 Å². The molecule has 0 bridgehead atoms. The summed E-state index contributed by atoms with van der Waals surface area (Å²) in [4.78, 5) is 36.2. The lowest BCUT2D eigenvalue weighted by atomic mass is 10.0. The quantitative estimate of drug-likeness (QED) is 0.474. The molecule has 0 fully saturated rings. The first-order valence-corrected chi connectivity index (χ1v) is 11.1. The van der Waals surface area contributed by atoms with E-state index in [1.54, 1.807) is 24.3 Å². The smallest absolute Gasteiger partial charge is 0.306 e. The Morgan fingerprint density at radius 3 is 2.06 bits per heavy atom. The third-order valence-corrected chi connectivity index (χ3v) is 4.86. The van der Waals surface area contributed by atoms with E-state index in [1.807, 2.05) is 39.0 Å². The van der Waals surface area contributed by atoms with E-state index < -0.39 is 5.97 Å². The highest BCUT2D eigenvalue weighted by atomic mass is 16.5. The van der Waals surface area contributed by atoms with Crippen molar-refractivity contribution in [1.29, 1.82) is 0 Å². The van der Waals surface area contributed by atoms with Crippen LogP contribution in [0.5, 0.6) is 5.75 Å². The van der Waals surface area contributed by atoms with E-state index in [2.05, 4.69) is 10.6 Å². The van der Waals surface area contributed by atoms with E-state index in [0.717, 1.165) is 35.4 Å². The molecule has 7 nitrogen and oxygen atoms in total. The molecule has 32 heavy (non-hydrogen) atoms. The Bertz CT molecular complexity index is 887. The summed E-state index contributed by atoms with van der Waals surface area (Å²) in [6.45, 7) is 6.18. The van der Waals surface area contributed by atoms with Gasteiger partial charge in [-0.05, 0) is 61.6 Å². The van der Waals surface area contributed by atoms with Crippen molar-refractivity contribution >= 4 is 29.2 Å². The molecule has 0 heterocycles. The molecule has 0 aliphatic heterocycles. The predicted octanol–water partition coefficient (Wildman–Crippen LogP) is 4.50. The largest absolute Gasteiger partial charge is 0.494 e. The molecule has 0 atom stereocenters. The fraction of sp³-hybridized carbons (Fsp3) is 0.400. The SMILES string of the molecule is CCOc1ccc(NC(=O)CCCC(=O)OCC(=O)Nc2c(CC)cccc2CC)cc1. The van der Waals surface area contributed by atoms with Gasteiger partial charge in [0.25, 0.3) is 5.91 Å². The molecule has 2 amide bonds. The molecule has 0 radical (unpaired) electrons. The molecule has 2 aromatic rings. The Morgan fingerprint density at radius 2 is 1.47 bits per heavy atom. The minimum absolute atomic E-state index is 0.0652. The van der Waals surface area contributed by atoms with E-state index in [4.69, 9.17) is 9.47 Å². The number of hydrogen-bond acceptors (Lipinski definition) is 5. The first kappa shape index (κ1) is 24.9. The van der Waals surface area contributed by atoms with Crippen LogP contribution in [-0.4, -0.2) is 31.0 Å². The average molecular weight is 441 g/mol. The highest BCUT2D eigenvalue weighted by Gasteiger charge is 2.13. The number of ether oxygens (including phenoxy) is 2. The van der Waals surface area contributed by atoms with Crippen LogP contribution in [-0.2, 0) is 32.0 Å². The summed E-state index contributed by atoms with van der Waals surface area (Å²) in [6, 6.07) is 13.0. The van der Waals surface area contributed by atoms with E-state index in [1.165, 1.54) is 0 Å². The van der Waals surface area contributed by atoms with Crippen LogP contribution in [0, 0.1) is 0 Å². The Morgan fingerprint density at radius 1 is 0.812 bits per heavy atom. The van der Waals surface area contributed by atoms with Crippen LogP contribution in [0.1, 0.15) is 51.2 Å². The molecule has 0 saturated carbocycles. The molecule has 7 heteroatoms. The van der Waals surface area contributed by atoms with Gasteiger partial charge in [0, 0.05) is 24.2 Å². The van der Waals surface area contributed by atoms with Gasteiger partial charge in [0.1, 0.15) is 5.75 Å². The fourth-order valence-corrected chi connectivity index (χ4v) is 3.21. The highest BCUT2D eigenvalue weighted by Crippen LogP contribution is 2.22. The van der Waals surface area contributed by atoms with Crippen LogP contribution in [0.2, 0.25) is 0 Å². The first-order chi connectivity index (χ1) is 15.5. The number of rotatable bonds is 12. The van der Waals surface area contributed by atoms with Gasteiger partial charge in [-0.3, -0.25) is 14.4 Å². The first-order valence-electron chi connectivity index (χ1n) is 11.1. The van der Waals surface area contributed by atoms with Crippen molar-refractivity contribution < 1.29 is 23.9 Å². The lowest BCUT2D eigenvalue weighted by Gasteiger charge is -2.14. The van der Waals surface area contributed by atoms with Crippen LogP contribution in [0.4, 0.5) is 11.4 Å². The number of nitrogens with one attached hydrogen (secondary N) is 2. The molecule has 0 saturated heterocycles. The van der Waals surface area contributed by atoms with Crippen LogP contribution in [0.25, 0.3) is 0 Å². The number of para-hydroxylation sites is 1. The molecule has 0 unspecified atom stereocenters. The molecular formula is C25H32N2O5. The molecule has 0 spiro atoms. The monoisotopic (exact) mass is 440 g/mol. The number of amides is 2. The van der Waals surface area contributed by atoms with Gasteiger partial charge in [-0.2, -0.15) is 0 Å². The molecule has 2 N–H and O–H groups in total. The van der Waals surface area contributed by atoms with Gasteiger partial charge in [0.2, 0.25) is 5.91 Å². The second-order valence-corrected chi connectivity index (χ2v) is 7.23. The van der Waals surface area contributed by atoms with E-state index in [-0.39, 0.29) is 31.3 Å². The number of carbonyl (C=O) groups excluding carboxylic acids is 3. The lowest BCUT2D eigenvalue weighted by Crippen LogP contribution is -2.22. The van der Waals surface area contributed by atoms with Gasteiger partial charge >= 0.3 is 5.97 Å². The molecule has 2 rings (SSSR count). The minimum Gasteiger partial charge on any atom is -0.494 e. The zero-order chi connectivity index (χ0) is 23.3. The maximum absolute atomic E-state index is 12.2. The number of hydrogen-bond donors (Lipinski definition) is 2. The third-order valence-electron chi connectivity index (χ3n) is 4.86. The van der Waals surface area contributed by atoms with Gasteiger partial charge < -0.3 is 20.1 Å². The average Bonchev–Trinajstić information content (AvgIpc) is 2.79. The Balaban J connectivity index is 1.70. The van der Waals surface area contributed by atoms with Crippen molar-refractivity contribution in [2.24, 2.45) is 0 Å². The zero-order valence-electron chi connectivity index (χ0n) is 19.0. The number of carbonyl (C=O) groups is 3. The summed E-state index contributed by atoms with van der Waals surface area (Å²) >= 11 is 0. The Kier molecular flexibility index (Phi) is 10.2. The summed E-state index contributed by atoms with van der Waals surface area (Å²) in [5.74, 6) is -0.333. The van der Waals surface area contributed by atoms with Gasteiger partial charge in [-0.25, -0.2) is 0 Å². The fourth-order valence-electron chi connectivity index (χ4n) is 3.21. The number of aryl methyl sites for hydroxylation is 2. The summed E-state index contributed by atoms with van der Waals surface area (Å²) in [7, 11) is 0. The Hall–Kier alpha value is -3.35. The van der Waals surface area contributed by atoms with Gasteiger partial charge in [-0.15, -0.1) is 0 Å². The van der Waals surface area contributed by atoms with Gasteiger partial charge in [0.05, 0.1) is 6.61 Å². The van der Waals surface area contributed by atoms with E-state index in [0.29, 0.717) is 18.7 Å². The molecular weight excluding hydrogens is 408 g/mol. The Labute approximate surface area is 189 Å². The molecule has 0 aliphatic carbocycles. The predicted molar refractivity (Wildman–Crippen MR) is 125 cm³/mol. The molecule has 172 valence electrons. The van der Waals surface area contributed by atoms with Gasteiger partial charge in [0.15, 0.2) is 6.61 Å². The summed E-state index contributed by atoms with van der Waals surface area (Å²) < 4.78 is 10.4. The maximum atomic E-state index is 12.2. The maximum Gasteiger partial charge on any atom is 0.306 e. The lowest BCUT2D eigenvalue weighted by molar-refractivity contribution is -0.147. The van der Waals surface area contributed by atoms with Crippen LogP contribution < -0.4 is 15.4 Å². The second kappa shape index (κ2) is 13.1. The number of benzene rings is 2. The van der Waals surface area contributed by atoms with Crippen molar-refractivity contribution in [2.75, 3.05) is 23.8 Å². The van der Waals surface area contributed by atoms with Crippen LogP contribution in [0.3, 0.4) is 0 Å². The van der Waals surface area contributed by atoms with Crippen molar-refractivity contribution in [1.82, 2.24) is 0 Å². The normalized spacial score (nSPS) is 10.3. The van der Waals surface area contributed by atoms with Crippen molar-refractivity contribution in [3.05, 3.63) is 53.6 Å². The summed E-state index contributed by atoms with van der Waals surface area (Å²) in [6.07, 6.45) is 2.17. The molecule has 2 aromatic carbocycles.